The fourth-order valence-corrected chi connectivity index (χ4v) is 4.93. The molecule has 3 aliphatic rings. The van der Waals surface area contributed by atoms with Crippen molar-refractivity contribution in [3.63, 3.8) is 0 Å². The van der Waals surface area contributed by atoms with Gasteiger partial charge in [0.05, 0.1) is 0 Å². The lowest BCUT2D eigenvalue weighted by Crippen LogP contribution is -2.40. The van der Waals surface area contributed by atoms with Gasteiger partial charge in [-0.3, -0.25) is 9.59 Å². The van der Waals surface area contributed by atoms with Crippen molar-refractivity contribution in [1.82, 2.24) is 5.32 Å². The monoisotopic (exact) mass is 340 g/mol. The first-order chi connectivity index (χ1) is 12.0. The lowest BCUT2D eigenvalue weighted by atomic mass is 9.84. The van der Waals surface area contributed by atoms with Gasteiger partial charge in [0.1, 0.15) is 0 Å². The first-order valence-electron chi connectivity index (χ1n) is 9.73. The summed E-state index contributed by atoms with van der Waals surface area (Å²) in [6.45, 7) is 4.24. The first kappa shape index (κ1) is 16.6. The van der Waals surface area contributed by atoms with E-state index in [-0.39, 0.29) is 23.8 Å². The van der Waals surface area contributed by atoms with E-state index in [1.807, 2.05) is 12.1 Å². The van der Waals surface area contributed by atoms with Crippen LogP contribution < -0.4 is 10.6 Å². The highest BCUT2D eigenvalue weighted by atomic mass is 16.2. The number of amides is 2. The smallest absolute Gasteiger partial charge is 0.251 e. The number of carbonyl (C=O) groups excluding carboxylic acids is 2. The normalized spacial score (nSPS) is 33.8. The summed E-state index contributed by atoms with van der Waals surface area (Å²) < 4.78 is 0. The van der Waals surface area contributed by atoms with Gasteiger partial charge < -0.3 is 10.6 Å². The molecule has 6 unspecified atom stereocenters. The van der Waals surface area contributed by atoms with E-state index in [1.54, 1.807) is 12.1 Å². The first-order valence-corrected chi connectivity index (χ1v) is 9.73. The van der Waals surface area contributed by atoms with Gasteiger partial charge in [-0.2, -0.15) is 0 Å². The minimum absolute atomic E-state index is 0.0102. The van der Waals surface area contributed by atoms with Gasteiger partial charge in [-0.15, -0.1) is 0 Å². The molecule has 134 valence electrons. The largest absolute Gasteiger partial charge is 0.349 e. The number of fused-ring (bicyclic) bond motifs is 2. The van der Waals surface area contributed by atoms with Crippen LogP contribution in [0.2, 0.25) is 0 Å². The summed E-state index contributed by atoms with van der Waals surface area (Å²) in [5.74, 6) is 3.08. The highest BCUT2D eigenvalue weighted by Gasteiger charge is 2.42. The Kier molecular flexibility index (Phi) is 4.30. The molecule has 0 saturated heterocycles. The van der Waals surface area contributed by atoms with Crippen molar-refractivity contribution in [2.24, 2.45) is 29.6 Å². The van der Waals surface area contributed by atoms with Crippen LogP contribution in [0.4, 0.5) is 5.69 Å². The third-order valence-electron chi connectivity index (χ3n) is 6.65. The number of carbonyl (C=O) groups is 2. The van der Waals surface area contributed by atoms with Gasteiger partial charge in [0, 0.05) is 23.2 Å². The van der Waals surface area contributed by atoms with Crippen molar-refractivity contribution >= 4 is 17.5 Å². The molecule has 1 aromatic carbocycles. The summed E-state index contributed by atoms with van der Waals surface area (Å²) in [5.41, 5.74) is 1.43. The Balaban J connectivity index is 1.32. The number of benzene rings is 1. The van der Waals surface area contributed by atoms with Crippen molar-refractivity contribution in [3.8, 4) is 0 Å². The third-order valence-corrected chi connectivity index (χ3v) is 6.65. The number of hydrogen-bond acceptors (Lipinski definition) is 2. The van der Waals surface area contributed by atoms with Gasteiger partial charge in [-0.05, 0) is 80.5 Å². The molecule has 3 aliphatic carbocycles. The molecular weight excluding hydrogens is 312 g/mol. The van der Waals surface area contributed by atoms with Gasteiger partial charge >= 0.3 is 0 Å². The van der Waals surface area contributed by atoms with Crippen molar-refractivity contribution in [2.75, 3.05) is 5.32 Å². The summed E-state index contributed by atoms with van der Waals surface area (Å²) in [7, 11) is 0. The summed E-state index contributed by atoms with van der Waals surface area (Å²) >= 11 is 0. The number of hydrogen-bond donors (Lipinski definition) is 2. The van der Waals surface area contributed by atoms with Crippen LogP contribution in [0.25, 0.3) is 0 Å². The fourth-order valence-electron chi connectivity index (χ4n) is 4.93. The highest BCUT2D eigenvalue weighted by Crippen LogP contribution is 2.49. The predicted molar refractivity (Wildman–Crippen MR) is 98.2 cm³/mol. The SMILES string of the molecule is CC1CC1C(=O)Nc1ccc(C(=O)NC(C)C2CC3CCC2C3)cc1. The van der Waals surface area contributed by atoms with E-state index in [1.165, 1.54) is 25.7 Å². The fraction of sp³-hybridized carbons (Fsp3) is 0.619. The summed E-state index contributed by atoms with van der Waals surface area (Å²) in [5, 5.41) is 6.12. The van der Waals surface area contributed by atoms with Gasteiger partial charge in [0.15, 0.2) is 0 Å². The molecule has 25 heavy (non-hydrogen) atoms. The highest BCUT2D eigenvalue weighted by molar-refractivity contribution is 5.97. The maximum absolute atomic E-state index is 12.5. The van der Waals surface area contributed by atoms with E-state index in [0.29, 0.717) is 17.4 Å². The van der Waals surface area contributed by atoms with Crippen LogP contribution in [-0.4, -0.2) is 17.9 Å². The van der Waals surface area contributed by atoms with E-state index in [2.05, 4.69) is 24.5 Å². The Morgan fingerprint density at radius 1 is 1.08 bits per heavy atom. The van der Waals surface area contributed by atoms with Gasteiger partial charge in [0.25, 0.3) is 5.91 Å². The molecule has 4 rings (SSSR count). The zero-order valence-corrected chi connectivity index (χ0v) is 15.1. The van der Waals surface area contributed by atoms with E-state index >= 15 is 0 Å². The third kappa shape index (κ3) is 3.44. The molecule has 2 amide bonds. The Hall–Kier alpha value is -1.84. The molecule has 3 fully saturated rings. The molecule has 0 heterocycles. The van der Waals surface area contributed by atoms with Crippen molar-refractivity contribution in [1.29, 1.82) is 0 Å². The quantitative estimate of drug-likeness (QED) is 0.856. The molecule has 3 saturated carbocycles. The summed E-state index contributed by atoms with van der Waals surface area (Å²) in [6, 6.07) is 7.48. The molecular formula is C21H28N2O2. The molecule has 4 nitrogen and oxygen atoms in total. The summed E-state index contributed by atoms with van der Waals surface area (Å²) in [4.78, 5) is 24.5. The maximum atomic E-state index is 12.5. The van der Waals surface area contributed by atoms with Crippen molar-refractivity contribution < 1.29 is 9.59 Å². The standard InChI is InChI=1S/C21H28N2O2/c1-12-9-18(12)21(25)23-17-7-5-15(6-8-17)20(24)22-13(2)19-11-14-3-4-16(19)10-14/h5-8,12-14,16,18-19H,3-4,9-11H2,1-2H3,(H,22,24)(H,23,25). The van der Waals surface area contributed by atoms with Crippen LogP contribution in [0.5, 0.6) is 0 Å². The zero-order valence-electron chi connectivity index (χ0n) is 15.1. The Labute approximate surface area is 149 Å². The average Bonchev–Trinajstić information content (AvgIpc) is 3.01. The van der Waals surface area contributed by atoms with E-state index in [9.17, 15) is 9.59 Å². The van der Waals surface area contributed by atoms with Crippen LogP contribution in [-0.2, 0) is 4.79 Å². The Bertz CT molecular complexity index is 669. The van der Waals surface area contributed by atoms with Crippen LogP contribution in [0, 0.1) is 29.6 Å². The lowest BCUT2D eigenvalue weighted by molar-refractivity contribution is -0.117. The molecule has 0 aliphatic heterocycles. The van der Waals surface area contributed by atoms with Crippen LogP contribution in [0.15, 0.2) is 24.3 Å². The van der Waals surface area contributed by atoms with E-state index < -0.39 is 0 Å². The predicted octanol–water partition coefficient (Wildman–Crippen LogP) is 3.84. The second-order valence-corrected chi connectivity index (χ2v) is 8.49. The minimum Gasteiger partial charge on any atom is -0.349 e. The van der Waals surface area contributed by atoms with E-state index in [0.717, 1.165) is 23.9 Å². The molecule has 6 atom stereocenters. The average molecular weight is 340 g/mol. The molecule has 0 aromatic heterocycles. The number of rotatable bonds is 5. The minimum atomic E-state index is -0.0102. The van der Waals surface area contributed by atoms with Gasteiger partial charge in [-0.1, -0.05) is 13.3 Å². The molecule has 1 aromatic rings. The molecule has 0 radical (unpaired) electrons. The van der Waals surface area contributed by atoms with Gasteiger partial charge in [0.2, 0.25) is 5.91 Å². The van der Waals surface area contributed by atoms with Gasteiger partial charge in [-0.25, -0.2) is 0 Å². The Morgan fingerprint density at radius 3 is 2.36 bits per heavy atom. The zero-order chi connectivity index (χ0) is 17.6. The summed E-state index contributed by atoms with van der Waals surface area (Å²) in [6.07, 6.45) is 6.33. The topological polar surface area (TPSA) is 58.2 Å². The van der Waals surface area contributed by atoms with Crippen molar-refractivity contribution in [3.05, 3.63) is 29.8 Å². The van der Waals surface area contributed by atoms with Crippen LogP contribution in [0.1, 0.15) is 56.3 Å². The molecule has 2 bridgehead atoms. The molecule has 0 spiro atoms. The van der Waals surface area contributed by atoms with Crippen LogP contribution in [0.3, 0.4) is 0 Å². The second kappa shape index (κ2) is 6.47. The van der Waals surface area contributed by atoms with Crippen LogP contribution >= 0.6 is 0 Å². The molecule has 4 heteroatoms. The Morgan fingerprint density at radius 2 is 1.80 bits per heavy atom. The lowest BCUT2D eigenvalue weighted by Gasteiger charge is -2.28. The second-order valence-electron chi connectivity index (χ2n) is 8.49. The maximum Gasteiger partial charge on any atom is 0.251 e. The van der Waals surface area contributed by atoms with E-state index in [4.69, 9.17) is 0 Å². The number of anilines is 1. The number of nitrogens with one attached hydrogen (secondary N) is 2. The molecule has 2 N–H and O–H groups in total. The van der Waals surface area contributed by atoms with Crippen molar-refractivity contribution in [2.45, 2.75) is 52.0 Å².